The molecule has 0 spiro atoms. The van der Waals surface area contributed by atoms with Gasteiger partial charge in [-0.15, -0.1) is 0 Å². The summed E-state index contributed by atoms with van der Waals surface area (Å²) in [7, 11) is 0. The van der Waals surface area contributed by atoms with Gasteiger partial charge in [-0.3, -0.25) is 29.7 Å². The van der Waals surface area contributed by atoms with Crippen LogP contribution in [0.15, 0.2) is 231 Å². The molecule has 9 aromatic carbocycles. The van der Waals surface area contributed by atoms with Crippen LogP contribution in [0.5, 0.6) is 28.7 Å². The van der Waals surface area contributed by atoms with E-state index in [-0.39, 0.29) is 77.7 Å². The Morgan fingerprint density at radius 2 is 0.935 bits per heavy atom. The third-order valence-corrected chi connectivity index (χ3v) is 15.7. The smallest absolute Gasteiger partial charge is 0.478 e. The van der Waals surface area contributed by atoms with Crippen LogP contribution >= 0.6 is 0 Å². The van der Waals surface area contributed by atoms with Crippen LogP contribution in [0.3, 0.4) is 0 Å². The van der Waals surface area contributed by atoms with Crippen molar-refractivity contribution in [2.75, 3.05) is 6.54 Å². The zero-order valence-electron chi connectivity index (χ0n) is 50.0. The van der Waals surface area contributed by atoms with Gasteiger partial charge in [0.1, 0.15) is 52.1 Å². The van der Waals surface area contributed by atoms with Crippen LogP contribution in [0.25, 0.3) is 21.8 Å². The lowest BCUT2D eigenvalue weighted by Gasteiger charge is -2.23. The van der Waals surface area contributed by atoms with Crippen LogP contribution in [0.4, 0.5) is 24.1 Å². The summed E-state index contributed by atoms with van der Waals surface area (Å²) in [5.41, 5.74) is 6.86. The number of rotatable bonds is 19. The van der Waals surface area contributed by atoms with Gasteiger partial charge in [-0.25, -0.2) is 18.4 Å². The number of carbonyl (C=O) groups excluding carboxylic acids is 4. The highest BCUT2D eigenvalue weighted by Gasteiger charge is 2.40. The molecule has 0 bridgehead atoms. The van der Waals surface area contributed by atoms with Gasteiger partial charge in [-0.1, -0.05) is 159 Å². The highest BCUT2D eigenvalue weighted by atomic mass is 19.1. The molecule has 11 aromatic rings. The predicted octanol–water partition coefficient (Wildman–Crippen LogP) is 15.8. The van der Waals surface area contributed by atoms with E-state index in [1.807, 2.05) is 134 Å². The van der Waals surface area contributed by atoms with Gasteiger partial charge < -0.3 is 38.8 Å². The Hall–Kier alpha value is -11.9. The molecule has 19 heteroatoms. The van der Waals surface area contributed by atoms with Gasteiger partial charge in [0.05, 0.1) is 29.1 Å². The molecule has 0 unspecified atom stereocenters. The van der Waals surface area contributed by atoms with E-state index >= 15 is 0 Å². The number of fused-ring (bicyclic) bond motifs is 4. The minimum atomic E-state index is -1.12. The molecule has 0 atom stereocenters. The van der Waals surface area contributed by atoms with E-state index in [0.717, 1.165) is 40.7 Å². The molecule has 4 heterocycles. The maximum atomic E-state index is 14.3. The van der Waals surface area contributed by atoms with Gasteiger partial charge >= 0.3 is 12.2 Å². The second kappa shape index (κ2) is 27.9. The molecular formula is C74H58F2N6O11. The van der Waals surface area contributed by atoms with Gasteiger partial charge in [0.25, 0.3) is 17.5 Å². The number of unbranched alkanes of at least 4 members (excludes halogenated alkanes) is 1. The molecule has 0 fully saturated rings. The Balaban J connectivity index is 0.000000180. The summed E-state index contributed by atoms with van der Waals surface area (Å²) in [6, 6.07) is 62.5. The van der Waals surface area contributed by atoms with Crippen LogP contribution < -0.4 is 29.0 Å². The van der Waals surface area contributed by atoms with Gasteiger partial charge in [0, 0.05) is 66.1 Å². The molecule has 2 aliphatic heterocycles. The van der Waals surface area contributed by atoms with E-state index < -0.39 is 41.1 Å². The molecule has 0 aliphatic carbocycles. The normalized spacial score (nSPS) is 12.3. The molecule has 2 aromatic heterocycles. The molecule has 464 valence electrons. The number of non-ortho nitro benzene ring substituents is 1. The summed E-state index contributed by atoms with van der Waals surface area (Å²) in [6.07, 6.45) is 2.02. The summed E-state index contributed by atoms with van der Waals surface area (Å²) in [4.78, 5) is 77.6. The first-order valence-electron chi connectivity index (χ1n) is 30.0. The zero-order chi connectivity index (χ0) is 64.4. The molecule has 93 heavy (non-hydrogen) atoms. The van der Waals surface area contributed by atoms with Gasteiger partial charge in [0.2, 0.25) is 0 Å². The number of nitro groups is 1. The fraction of sp³-hybridized carbons (Fsp3) is 0.135. The van der Waals surface area contributed by atoms with Crippen LogP contribution in [-0.4, -0.2) is 55.3 Å². The van der Waals surface area contributed by atoms with Gasteiger partial charge in [-0.05, 0) is 100 Å². The quantitative estimate of drug-likeness (QED) is 0.0264. The number of hydrogen-bond donors (Lipinski definition) is 1. The Kier molecular flexibility index (Phi) is 18.4. The van der Waals surface area contributed by atoms with Crippen molar-refractivity contribution < 1.29 is 56.6 Å². The number of benzene rings is 9. The maximum absolute atomic E-state index is 14.3. The summed E-state index contributed by atoms with van der Waals surface area (Å²) < 4.78 is 58.1. The van der Waals surface area contributed by atoms with Crippen molar-refractivity contribution in [3.63, 3.8) is 0 Å². The predicted molar refractivity (Wildman–Crippen MR) is 343 cm³/mol. The highest BCUT2D eigenvalue weighted by Crippen LogP contribution is 2.49. The van der Waals surface area contributed by atoms with Gasteiger partial charge in [-0.2, -0.15) is 0 Å². The number of aromatic nitrogens is 2. The number of ether oxygens (including phenoxy) is 5. The monoisotopic (exact) mass is 1240 g/mol. The number of nitrogens with zero attached hydrogens (tertiary/aromatic N) is 5. The minimum absolute atomic E-state index is 0.0252. The Bertz CT molecular complexity index is 4460. The Morgan fingerprint density at radius 3 is 1.33 bits per heavy atom. The number of halogens is 2. The Morgan fingerprint density at radius 1 is 0.527 bits per heavy atom. The number of carbonyl (C=O) groups is 4. The number of nitrogens with one attached hydrogen (secondary N) is 1. The highest BCUT2D eigenvalue weighted by molar-refractivity contribution is 6.10. The number of hydrogen-bond acceptors (Lipinski definition) is 13. The summed E-state index contributed by atoms with van der Waals surface area (Å²) >= 11 is 0. The van der Waals surface area contributed by atoms with E-state index in [9.17, 15) is 38.1 Å². The number of amides is 3. The second-order valence-electron chi connectivity index (χ2n) is 21.9. The molecule has 2 aliphatic rings. The first-order chi connectivity index (χ1) is 45.4. The zero-order valence-corrected chi connectivity index (χ0v) is 50.0. The minimum Gasteiger partial charge on any atom is -0.478 e. The van der Waals surface area contributed by atoms with Crippen molar-refractivity contribution in [3.05, 3.63) is 308 Å². The third kappa shape index (κ3) is 13.7. The van der Waals surface area contributed by atoms with E-state index in [0.29, 0.717) is 50.8 Å². The van der Waals surface area contributed by atoms with Crippen LogP contribution in [0, 0.1) is 21.7 Å². The van der Waals surface area contributed by atoms with Crippen molar-refractivity contribution >= 4 is 51.6 Å². The molecule has 1 N–H and O–H groups in total. The van der Waals surface area contributed by atoms with E-state index in [1.165, 1.54) is 48.5 Å². The fourth-order valence-electron chi connectivity index (χ4n) is 11.3. The topological polar surface area (TPSA) is 202 Å². The van der Waals surface area contributed by atoms with Crippen molar-refractivity contribution in [1.29, 1.82) is 0 Å². The van der Waals surface area contributed by atoms with E-state index in [1.54, 1.807) is 64.7 Å². The molecule has 0 radical (unpaired) electrons. The van der Waals surface area contributed by atoms with Crippen molar-refractivity contribution in [1.82, 2.24) is 25.1 Å². The average molecular weight is 1250 g/mol. The average Bonchev–Trinajstić information content (AvgIpc) is 1.66. The van der Waals surface area contributed by atoms with Crippen LogP contribution in [0.1, 0.15) is 97.2 Å². The molecule has 3 amide bonds. The summed E-state index contributed by atoms with van der Waals surface area (Å²) in [6.45, 7) is 3.10. The van der Waals surface area contributed by atoms with E-state index in [4.69, 9.17) is 23.7 Å². The SMILES string of the molecule is CCCCNC(=O)Oc1c2c(c(OC(c3ccccc3)c3ccccc3)c3ncccc13)C(=O)N(Cc1ccc(F)cc1)C2.O=C(Oc1ccc([N+](=O)[O-])cc1)Oc1c2c(c(OC(c3ccccc3)c3ccccc3)c3ncccc13)C(=O)N(Cc1ccc(F)cc1)C2. The Labute approximate surface area is 532 Å². The lowest BCUT2D eigenvalue weighted by molar-refractivity contribution is -0.384. The molecule has 0 saturated heterocycles. The molecular weight excluding hydrogens is 1190 g/mol. The standard InChI is InChI=1S/C38H26FN3O7.C36H32FN3O4/c39-27-15-13-24(14-16-27)22-41-23-31-32(37(41)43)36(48-34(25-8-3-1-4-9-25)26-10-5-2-6-11-26)33-30(12-7-21-40-33)35(31)49-38(44)47-29-19-17-28(18-20-29)42(45)46;1-2-3-20-39-36(42)44-33-28-15-10-21-38-31(28)34(43-32(25-11-6-4-7-12-25)26-13-8-5-9-14-26)30-29(33)23-40(35(30)41)22-24-16-18-27(37)19-17-24/h1-21,34H,22-23H2;4-19,21,32H,2-3,20,22-23H2,1H3,(H,39,42). The first-order valence-corrected chi connectivity index (χ1v) is 30.0. The first kappa shape index (κ1) is 61.4. The fourth-order valence-corrected chi connectivity index (χ4v) is 11.3. The molecule has 13 rings (SSSR count). The number of pyridine rings is 2. The van der Waals surface area contributed by atoms with Crippen molar-refractivity contribution in [2.45, 2.75) is 58.2 Å². The largest absolute Gasteiger partial charge is 0.519 e. The maximum Gasteiger partial charge on any atom is 0.519 e. The molecule has 0 saturated carbocycles. The van der Waals surface area contributed by atoms with Crippen LogP contribution in [-0.2, 0) is 26.2 Å². The summed E-state index contributed by atoms with van der Waals surface area (Å²) in [5, 5.41) is 14.8. The molecule has 17 nitrogen and oxygen atoms in total. The second-order valence-corrected chi connectivity index (χ2v) is 21.9. The van der Waals surface area contributed by atoms with E-state index in [2.05, 4.69) is 15.3 Å². The third-order valence-electron chi connectivity index (χ3n) is 15.7. The number of nitro benzene ring substituents is 1. The summed E-state index contributed by atoms with van der Waals surface area (Å²) in [5.74, 6) is -0.544. The van der Waals surface area contributed by atoms with Crippen LogP contribution in [0.2, 0.25) is 0 Å². The van der Waals surface area contributed by atoms with Crippen molar-refractivity contribution in [3.8, 4) is 28.7 Å². The lowest BCUT2D eigenvalue weighted by Crippen LogP contribution is -2.28. The lowest BCUT2D eigenvalue weighted by atomic mass is 9.99. The van der Waals surface area contributed by atoms with Crippen molar-refractivity contribution in [2.24, 2.45) is 0 Å². The van der Waals surface area contributed by atoms with Gasteiger partial charge in [0.15, 0.2) is 11.5 Å².